The van der Waals surface area contributed by atoms with Crippen molar-refractivity contribution in [2.24, 2.45) is 0 Å². The van der Waals surface area contributed by atoms with Crippen LogP contribution >= 0.6 is 0 Å². The summed E-state index contributed by atoms with van der Waals surface area (Å²) < 4.78 is 6.46. The molecule has 0 bridgehead atoms. The van der Waals surface area contributed by atoms with E-state index < -0.39 is 0 Å². The second kappa shape index (κ2) is 5.05. The van der Waals surface area contributed by atoms with Crippen LogP contribution in [0.4, 0.5) is 0 Å². The molecular weight excluding hydrogens is 268 g/mol. The zero-order valence-corrected chi connectivity index (χ0v) is 12.1. The van der Waals surface area contributed by atoms with Gasteiger partial charge in [-0.15, -0.1) is 0 Å². The molecule has 3 aromatic rings. The maximum Gasteiger partial charge on any atom is 0.279 e. The molecule has 0 atom stereocenters. The lowest BCUT2D eigenvalue weighted by molar-refractivity contribution is 0.415. The molecule has 0 saturated heterocycles. The summed E-state index contributed by atoms with van der Waals surface area (Å²) >= 11 is 0. The molecule has 0 aliphatic carbocycles. The van der Waals surface area contributed by atoms with Gasteiger partial charge in [0.1, 0.15) is 12.1 Å². The summed E-state index contributed by atoms with van der Waals surface area (Å²) in [6, 6.07) is 7.57. The molecule has 0 saturated carbocycles. The number of nitrogens with one attached hydrogen (secondary N) is 1. The number of methoxy groups -OCH3 is 1. The van der Waals surface area contributed by atoms with E-state index in [1.165, 1.54) is 10.8 Å². The molecule has 6 nitrogen and oxygen atoms in total. The molecule has 0 unspecified atom stereocenters. The molecule has 1 N–H and O–H groups in total. The van der Waals surface area contributed by atoms with Crippen molar-refractivity contribution in [3.05, 3.63) is 46.5 Å². The SMILES string of the molecule is COc1ccc(-c2[nH]c3ncnn3c(=O)c2C(C)C)cc1. The topological polar surface area (TPSA) is 72.3 Å². The van der Waals surface area contributed by atoms with Crippen LogP contribution in [0.3, 0.4) is 0 Å². The fourth-order valence-corrected chi connectivity index (χ4v) is 2.40. The molecule has 2 heterocycles. The Hall–Kier alpha value is -2.63. The van der Waals surface area contributed by atoms with Crippen molar-refractivity contribution in [2.75, 3.05) is 7.11 Å². The van der Waals surface area contributed by atoms with Crippen LogP contribution in [-0.4, -0.2) is 26.7 Å². The number of rotatable bonds is 3. The minimum atomic E-state index is -0.137. The normalized spacial score (nSPS) is 11.2. The van der Waals surface area contributed by atoms with Crippen LogP contribution in [0.5, 0.6) is 5.75 Å². The summed E-state index contributed by atoms with van der Waals surface area (Å²) in [4.78, 5) is 19.8. The smallest absolute Gasteiger partial charge is 0.279 e. The van der Waals surface area contributed by atoms with Crippen molar-refractivity contribution in [1.82, 2.24) is 19.6 Å². The van der Waals surface area contributed by atoms with E-state index >= 15 is 0 Å². The van der Waals surface area contributed by atoms with E-state index in [4.69, 9.17) is 4.74 Å². The Morgan fingerprint density at radius 1 is 1.24 bits per heavy atom. The van der Waals surface area contributed by atoms with Gasteiger partial charge < -0.3 is 9.72 Å². The van der Waals surface area contributed by atoms with Gasteiger partial charge in [0.25, 0.3) is 5.56 Å². The van der Waals surface area contributed by atoms with Gasteiger partial charge in [-0.25, -0.2) is 0 Å². The Morgan fingerprint density at radius 3 is 2.57 bits per heavy atom. The van der Waals surface area contributed by atoms with Crippen LogP contribution in [0.1, 0.15) is 25.3 Å². The number of H-pyrrole nitrogens is 1. The van der Waals surface area contributed by atoms with Crippen LogP contribution in [-0.2, 0) is 0 Å². The van der Waals surface area contributed by atoms with Crippen molar-refractivity contribution >= 4 is 5.78 Å². The predicted octanol–water partition coefficient (Wildman–Crippen LogP) is 2.22. The van der Waals surface area contributed by atoms with Gasteiger partial charge in [0.2, 0.25) is 5.78 Å². The monoisotopic (exact) mass is 284 g/mol. The van der Waals surface area contributed by atoms with Crippen LogP contribution in [0.15, 0.2) is 35.4 Å². The molecule has 6 heteroatoms. The minimum Gasteiger partial charge on any atom is -0.497 e. The lowest BCUT2D eigenvalue weighted by Gasteiger charge is -2.12. The highest BCUT2D eigenvalue weighted by Gasteiger charge is 2.17. The minimum absolute atomic E-state index is 0.0689. The van der Waals surface area contributed by atoms with Gasteiger partial charge in [-0.3, -0.25) is 4.79 Å². The lowest BCUT2D eigenvalue weighted by atomic mass is 9.98. The highest BCUT2D eigenvalue weighted by atomic mass is 16.5. The highest BCUT2D eigenvalue weighted by Crippen LogP contribution is 2.26. The predicted molar refractivity (Wildman–Crippen MR) is 79.7 cm³/mol. The Labute approximate surface area is 121 Å². The van der Waals surface area contributed by atoms with Gasteiger partial charge in [0.05, 0.1) is 12.8 Å². The van der Waals surface area contributed by atoms with E-state index in [2.05, 4.69) is 15.1 Å². The zero-order valence-electron chi connectivity index (χ0n) is 12.1. The van der Waals surface area contributed by atoms with Crippen LogP contribution in [0, 0.1) is 0 Å². The van der Waals surface area contributed by atoms with Crippen LogP contribution in [0.25, 0.3) is 17.0 Å². The molecular formula is C15H16N4O2. The maximum atomic E-state index is 12.6. The van der Waals surface area contributed by atoms with Crippen molar-refractivity contribution in [3.8, 4) is 17.0 Å². The van der Waals surface area contributed by atoms with Crippen molar-refractivity contribution in [1.29, 1.82) is 0 Å². The largest absolute Gasteiger partial charge is 0.497 e. The van der Waals surface area contributed by atoms with Gasteiger partial charge in [-0.05, 0) is 35.7 Å². The number of nitrogens with zero attached hydrogens (tertiary/aromatic N) is 3. The highest BCUT2D eigenvalue weighted by molar-refractivity contribution is 5.65. The Morgan fingerprint density at radius 2 is 1.95 bits per heavy atom. The zero-order chi connectivity index (χ0) is 15.0. The number of aromatic amines is 1. The Kier molecular flexibility index (Phi) is 3.21. The quantitative estimate of drug-likeness (QED) is 0.800. The third-order valence-corrected chi connectivity index (χ3v) is 3.43. The van der Waals surface area contributed by atoms with E-state index in [1.54, 1.807) is 7.11 Å². The molecule has 0 aliphatic rings. The van der Waals surface area contributed by atoms with E-state index in [1.807, 2.05) is 38.1 Å². The summed E-state index contributed by atoms with van der Waals surface area (Å²) in [5, 5.41) is 3.97. The summed E-state index contributed by atoms with van der Waals surface area (Å²) in [5.41, 5.74) is 2.25. The Bertz CT molecular complexity index is 831. The second-order valence-electron chi connectivity index (χ2n) is 5.10. The molecule has 0 spiro atoms. The number of fused-ring (bicyclic) bond motifs is 1. The van der Waals surface area contributed by atoms with E-state index in [0.717, 1.165) is 17.0 Å². The first kappa shape index (κ1) is 13.4. The second-order valence-corrected chi connectivity index (χ2v) is 5.10. The van der Waals surface area contributed by atoms with Crippen molar-refractivity contribution in [2.45, 2.75) is 19.8 Å². The van der Waals surface area contributed by atoms with Gasteiger partial charge in [0, 0.05) is 5.56 Å². The van der Waals surface area contributed by atoms with Gasteiger partial charge in [-0.1, -0.05) is 13.8 Å². The lowest BCUT2D eigenvalue weighted by Crippen LogP contribution is -2.22. The standard InChI is InChI=1S/C15H16N4O2/c1-9(2)12-13(10-4-6-11(21-3)7-5-10)18-15-16-8-17-19(15)14(12)20/h4-9H,1-3H3,(H,16,17,18). The number of hydrogen-bond acceptors (Lipinski definition) is 4. The molecule has 0 aliphatic heterocycles. The van der Waals surface area contributed by atoms with Gasteiger partial charge >= 0.3 is 0 Å². The molecule has 21 heavy (non-hydrogen) atoms. The van der Waals surface area contributed by atoms with Crippen molar-refractivity contribution < 1.29 is 4.74 Å². The third kappa shape index (κ3) is 2.18. The first-order chi connectivity index (χ1) is 10.1. The molecule has 0 amide bonds. The molecule has 0 fully saturated rings. The summed E-state index contributed by atoms with van der Waals surface area (Å²) in [6.07, 6.45) is 1.37. The average Bonchev–Trinajstić information content (AvgIpc) is 2.95. The number of aromatic nitrogens is 4. The van der Waals surface area contributed by atoms with E-state index in [9.17, 15) is 4.79 Å². The molecule has 2 aromatic heterocycles. The van der Waals surface area contributed by atoms with Crippen LogP contribution in [0.2, 0.25) is 0 Å². The van der Waals surface area contributed by atoms with Crippen molar-refractivity contribution in [3.63, 3.8) is 0 Å². The molecule has 0 radical (unpaired) electrons. The summed E-state index contributed by atoms with van der Waals surface area (Å²) in [7, 11) is 1.62. The first-order valence-electron chi connectivity index (χ1n) is 6.72. The third-order valence-electron chi connectivity index (χ3n) is 3.43. The Balaban J connectivity index is 2.28. The summed E-state index contributed by atoms with van der Waals surface area (Å²) in [6.45, 7) is 3.97. The number of benzene rings is 1. The molecule has 1 aromatic carbocycles. The van der Waals surface area contributed by atoms with Crippen LogP contribution < -0.4 is 10.3 Å². The summed E-state index contributed by atoms with van der Waals surface area (Å²) in [5.74, 6) is 1.28. The number of ether oxygens (including phenoxy) is 1. The average molecular weight is 284 g/mol. The maximum absolute atomic E-state index is 12.6. The van der Waals surface area contributed by atoms with E-state index in [0.29, 0.717) is 11.3 Å². The fraction of sp³-hybridized carbons (Fsp3) is 0.267. The van der Waals surface area contributed by atoms with Gasteiger partial charge in [-0.2, -0.15) is 14.6 Å². The van der Waals surface area contributed by atoms with Gasteiger partial charge in [0.15, 0.2) is 0 Å². The molecule has 108 valence electrons. The first-order valence-corrected chi connectivity index (χ1v) is 6.72. The fourth-order valence-electron chi connectivity index (χ4n) is 2.40. The van der Waals surface area contributed by atoms with E-state index in [-0.39, 0.29) is 11.5 Å². The molecule has 3 rings (SSSR count). The number of hydrogen-bond donors (Lipinski definition) is 1.